The number of amides is 1. The third-order valence-corrected chi connectivity index (χ3v) is 7.03. The first kappa shape index (κ1) is 23.1. The van der Waals surface area contributed by atoms with Gasteiger partial charge in [0.05, 0.1) is 11.4 Å². The van der Waals surface area contributed by atoms with Crippen LogP contribution in [0.5, 0.6) is 11.5 Å². The second-order valence-corrected chi connectivity index (χ2v) is 9.59. The zero-order valence-corrected chi connectivity index (χ0v) is 18.9. The number of ether oxygens (including phenoxy) is 2. The van der Waals surface area contributed by atoms with Gasteiger partial charge in [0.25, 0.3) is 5.91 Å². The molecule has 168 valence electrons. The molecule has 1 aliphatic rings. The van der Waals surface area contributed by atoms with Gasteiger partial charge in [-0.15, -0.1) is 0 Å². The molecule has 1 N–H and O–H groups in total. The Morgan fingerprint density at radius 2 is 1.77 bits per heavy atom. The fourth-order valence-corrected chi connectivity index (χ4v) is 4.91. The second kappa shape index (κ2) is 10.6. The first-order chi connectivity index (χ1) is 14.9. The molecule has 2 aromatic rings. The standard InChI is InChI=1S/C23H30N2O5S/c1-18-7-6-8-21(17-18)30-19(2)23(26)24-13-16-29-20-9-11-22(12-10-20)31(27,28)25-14-4-3-5-15-25/h6-12,17,19H,3-5,13-16H2,1-2H3,(H,24,26)/t19-/m0/s1. The third-order valence-electron chi connectivity index (χ3n) is 5.12. The summed E-state index contributed by atoms with van der Waals surface area (Å²) in [7, 11) is -3.45. The van der Waals surface area contributed by atoms with E-state index in [2.05, 4.69) is 5.32 Å². The Hall–Kier alpha value is -2.58. The van der Waals surface area contributed by atoms with Gasteiger partial charge in [-0.2, -0.15) is 4.31 Å². The summed E-state index contributed by atoms with van der Waals surface area (Å²) in [4.78, 5) is 12.5. The normalized spacial score (nSPS) is 15.8. The van der Waals surface area contributed by atoms with E-state index in [0.29, 0.717) is 31.1 Å². The van der Waals surface area contributed by atoms with Crippen LogP contribution in [0.2, 0.25) is 0 Å². The molecule has 0 radical (unpaired) electrons. The van der Waals surface area contributed by atoms with E-state index < -0.39 is 16.1 Å². The summed E-state index contributed by atoms with van der Waals surface area (Å²) in [5.41, 5.74) is 1.06. The van der Waals surface area contributed by atoms with Crippen molar-refractivity contribution < 1.29 is 22.7 Å². The van der Waals surface area contributed by atoms with Crippen LogP contribution in [0.4, 0.5) is 0 Å². The summed E-state index contributed by atoms with van der Waals surface area (Å²) in [6, 6.07) is 13.9. The van der Waals surface area contributed by atoms with Crippen molar-refractivity contribution in [2.24, 2.45) is 0 Å². The van der Waals surface area contributed by atoms with Gasteiger partial charge >= 0.3 is 0 Å². The van der Waals surface area contributed by atoms with Gasteiger partial charge in [0.15, 0.2) is 6.10 Å². The zero-order valence-electron chi connectivity index (χ0n) is 18.0. The Labute approximate surface area is 184 Å². The molecule has 1 aliphatic heterocycles. The molecule has 1 saturated heterocycles. The smallest absolute Gasteiger partial charge is 0.260 e. The quantitative estimate of drug-likeness (QED) is 0.598. The van der Waals surface area contributed by atoms with Crippen molar-refractivity contribution in [3.8, 4) is 11.5 Å². The Balaban J connectivity index is 1.42. The minimum absolute atomic E-state index is 0.229. The maximum atomic E-state index is 12.7. The molecule has 1 amide bonds. The van der Waals surface area contributed by atoms with E-state index in [-0.39, 0.29) is 17.4 Å². The molecule has 1 atom stereocenters. The minimum Gasteiger partial charge on any atom is -0.492 e. The zero-order chi connectivity index (χ0) is 22.3. The number of benzene rings is 2. The van der Waals surface area contributed by atoms with Crippen LogP contribution in [0.3, 0.4) is 0 Å². The largest absolute Gasteiger partial charge is 0.492 e. The topological polar surface area (TPSA) is 84.9 Å². The summed E-state index contributed by atoms with van der Waals surface area (Å²) >= 11 is 0. The molecule has 1 fully saturated rings. The fraction of sp³-hybridized carbons (Fsp3) is 0.435. The first-order valence-corrected chi connectivity index (χ1v) is 12.0. The van der Waals surface area contributed by atoms with Crippen molar-refractivity contribution in [2.75, 3.05) is 26.2 Å². The number of sulfonamides is 1. The number of rotatable bonds is 9. The first-order valence-electron chi connectivity index (χ1n) is 10.6. The number of hydrogen-bond acceptors (Lipinski definition) is 5. The van der Waals surface area contributed by atoms with E-state index in [1.165, 1.54) is 0 Å². The summed E-state index contributed by atoms with van der Waals surface area (Å²) in [6.07, 6.45) is 2.26. The molecule has 0 aliphatic carbocycles. The van der Waals surface area contributed by atoms with Crippen molar-refractivity contribution in [2.45, 2.75) is 44.1 Å². The number of nitrogens with zero attached hydrogens (tertiary/aromatic N) is 1. The van der Waals surface area contributed by atoms with Gasteiger partial charge in [0.2, 0.25) is 10.0 Å². The van der Waals surface area contributed by atoms with Crippen LogP contribution in [-0.4, -0.2) is 51.0 Å². The molecule has 0 spiro atoms. The van der Waals surface area contributed by atoms with Gasteiger partial charge < -0.3 is 14.8 Å². The van der Waals surface area contributed by atoms with Crippen LogP contribution >= 0.6 is 0 Å². The molecular weight excluding hydrogens is 416 g/mol. The van der Waals surface area contributed by atoms with Gasteiger partial charge in [-0.05, 0) is 68.7 Å². The number of carbonyl (C=O) groups is 1. The fourth-order valence-electron chi connectivity index (χ4n) is 3.40. The van der Waals surface area contributed by atoms with Crippen molar-refractivity contribution >= 4 is 15.9 Å². The number of hydrogen-bond donors (Lipinski definition) is 1. The molecule has 3 rings (SSSR count). The average Bonchev–Trinajstić information content (AvgIpc) is 2.77. The predicted molar refractivity (Wildman–Crippen MR) is 119 cm³/mol. The van der Waals surface area contributed by atoms with Crippen LogP contribution in [0.1, 0.15) is 31.7 Å². The Bertz CT molecular complexity index is 970. The maximum Gasteiger partial charge on any atom is 0.260 e. The SMILES string of the molecule is Cc1cccc(O[C@@H](C)C(=O)NCCOc2ccc(S(=O)(=O)N3CCCCC3)cc2)c1. The van der Waals surface area contributed by atoms with Crippen LogP contribution in [0, 0.1) is 6.92 Å². The van der Waals surface area contributed by atoms with Crippen LogP contribution in [-0.2, 0) is 14.8 Å². The van der Waals surface area contributed by atoms with E-state index in [9.17, 15) is 13.2 Å². The van der Waals surface area contributed by atoms with Crippen LogP contribution in [0.15, 0.2) is 53.4 Å². The number of piperidine rings is 1. The lowest BCUT2D eigenvalue weighted by Crippen LogP contribution is -2.38. The van der Waals surface area contributed by atoms with Gasteiger partial charge in [0.1, 0.15) is 18.1 Å². The van der Waals surface area contributed by atoms with Gasteiger partial charge in [-0.25, -0.2) is 8.42 Å². The highest BCUT2D eigenvalue weighted by Crippen LogP contribution is 2.22. The highest BCUT2D eigenvalue weighted by molar-refractivity contribution is 7.89. The molecule has 0 aromatic heterocycles. The van der Waals surface area contributed by atoms with E-state index in [1.54, 1.807) is 35.5 Å². The summed E-state index contributed by atoms with van der Waals surface area (Å²) < 4.78 is 38.2. The molecule has 31 heavy (non-hydrogen) atoms. The number of aryl methyl sites for hydroxylation is 1. The Kier molecular flexibility index (Phi) is 7.92. The molecule has 8 heteroatoms. The average molecular weight is 447 g/mol. The van der Waals surface area contributed by atoms with Crippen LogP contribution < -0.4 is 14.8 Å². The molecule has 0 unspecified atom stereocenters. The van der Waals surface area contributed by atoms with Gasteiger partial charge in [-0.1, -0.05) is 18.6 Å². The van der Waals surface area contributed by atoms with Crippen molar-refractivity contribution in [1.82, 2.24) is 9.62 Å². The molecule has 7 nitrogen and oxygen atoms in total. The van der Waals surface area contributed by atoms with E-state index in [1.807, 2.05) is 31.2 Å². The molecule has 0 saturated carbocycles. The summed E-state index contributed by atoms with van der Waals surface area (Å²) in [5.74, 6) is 0.975. The number of carbonyl (C=O) groups excluding carboxylic acids is 1. The van der Waals surface area contributed by atoms with Gasteiger partial charge in [0, 0.05) is 13.1 Å². The lowest BCUT2D eigenvalue weighted by molar-refractivity contribution is -0.127. The Morgan fingerprint density at radius 1 is 1.06 bits per heavy atom. The Morgan fingerprint density at radius 3 is 2.45 bits per heavy atom. The third kappa shape index (κ3) is 6.45. The second-order valence-electron chi connectivity index (χ2n) is 7.65. The highest BCUT2D eigenvalue weighted by Gasteiger charge is 2.25. The van der Waals surface area contributed by atoms with Gasteiger partial charge in [-0.3, -0.25) is 4.79 Å². The van der Waals surface area contributed by atoms with E-state index in [0.717, 1.165) is 24.8 Å². The summed E-state index contributed by atoms with van der Waals surface area (Å²) in [6.45, 7) is 5.39. The molecule has 1 heterocycles. The summed E-state index contributed by atoms with van der Waals surface area (Å²) in [5, 5.41) is 2.77. The van der Waals surface area contributed by atoms with E-state index in [4.69, 9.17) is 9.47 Å². The van der Waals surface area contributed by atoms with Crippen LogP contribution in [0.25, 0.3) is 0 Å². The molecule has 0 bridgehead atoms. The van der Waals surface area contributed by atoms with E-state index >= 15 is 0 Å². The predicted octanol–water partition coefficient (Wildman–Crippen LogP) is 3.13. The monoisotopic (exact) mass is 446 g/mol. The molecule has 2 aromatic carbocycles. The van der Waals surface area contributed by atoms with Crippen molar-refractivity contribution in [1.29, 1.82) is 0 Å². The van der Waals surface area contributed by atoms with Crippen molar-refractivity contribution in [3.63, 3.8) is 0 Å². The minimum atomic E-state index is -3.45. The van der Waals surface area contributed by atoms with Crippen molar-refractivity contribution in [3.05, 3.63) is 54.1 Å². The maximum absolute atomic E-state index is 12.7. The lowest BCUT2D eigenvalue weighted by Gasteiger charge is -2.25. The number of nitrogens with one attached hydrogen (secondary N) is 1. The molecular formula is C23H30N2O5S. The highest BCUT2D eigenvalue weighted by atomic mass is 32.2. The lowest BCUT2D eigenvalue weighted by atomic mass is 10.2.